The van der Waals surface area contributed by atoms with Crippen LogP contribution in [0.5, 0.6) is 0 Å². The number of aryl methyl sites for hydroxylation is 1. The molecule has 7 heteroatoms. The van der Waals surface area contributed by atoms with Crippen LogP contribution in [0.1, 0.15) is 5.69 Å². The van der Waals surface area contributed by atoms with Crippen molar-refractivity contribution in [3.05, 3.63) is 18.0 Å². The Morgan fingerprint density at radius 3 is 2.61 bits per heavy atom. The summed E-state index contributed by atoms with van der Waals surface area (Å²) in [6, 6.07) is 1.69. The van der Waals surface area contributed by atoms with Crippen molar-refractivity contribution >= 4 is 10.0 Å². The average Bonchev–Trinajstić information content (AvgIpc) is 2.61. The standard InChI is InChI=1S/C11H22N4O2S/c1-12-8-10-7-11(9-15(10)4)18(16,17)13-5-6-14(2)3/h7,9,12-13H,5-6,8H2,1-4H3. The van der Waals surface area contributed by atoms with Crippen LogP contribution in [0, 0.1) is 0 Å². The molecule has 0 atom stereocenters. The van der Waals surface area contributed by atoms with Gasteiger partial charge < -0.3 is 14.8 Å². The zero-order chi connectivity index (χ0) is 13.8. The first-order valence-electron chi connectivity index (χ1n) is 5.81. The smallest absolute Gasteiger partial charge is 0.242 e. The fraction of sp³-hybridized carbons (Fsp3) is 0.636. The number of likely N-dealkylation sites (N-methyl/N-ethyl adjacent to an activating group) is 1. The monoisotopic (exact) mass is 274 g/mol. The molecule has 0 saturated carbocycles. The second kappa shape index (κ2) is 6.33. The third-order valence-corrected chi connectivity index (χ3v) is 4.03. The molecule has 0 spiro atoms. The van der Waals surface area contributed by atoms with Gasteiger partial charge in [0.25, 0.3) is 0 Å². The average molecular weight is 274 g/mol. The molecular formula is C11H22N4O2S. The van der Waals surface area contributed by atoms with Crippen LogP contribution in [0.4, 0.5) is 0 Å². The van der Waals surface area contributed by atoms with Gasteiger partial charge in [-0.15, -0.1) is 0 Å². The van der Waals surface area contributed by atoms with Gasteiger partial charge in [-0.1, -0.05) is 0 Å². The summed E-state index contributed by atoms with van der Waals surface area (Å²) in [6.07, 6.45) is 1.63. The lowest BCUT2D eigenvalue weighted by Gasteiger charge is -2.09. The second-order valence-corrected chi connectivity index (χ2v) is 6.28. The van der Waals surface area contributed by atoms with Crippen LogP contribution in [0.3, 0.4) is 0 Å². The van der Waals surface area contributed by atoms with Crippen LogP contribution in [-0.4, -0.2) is 52.1 Å². The minimum Gasteiger partial charge on any atom is -0.352 e. The predicted octanol–water partition coefficient (Wildman–Crippen LogP) is -0.416. The number of hydrogen-bond acceptors (Lipinski definition) is 4. The van der Waals surface area contributed by atoms with Crippen molar-refractivity contribution in [3.8, 4) is 0 Å². The molecule has 0 aliphatic carbocycles. The highest BCUT2D eigenvalue weighted by Crippen LogP contribution is 2.12. The summed E-state index contributed by atoms with van der Waals surface area (Å²) in [6.45, 7) is 1.73. The van der Waals surface area contributed by atoms with Crippen LogP contribution in [0.2, 0.25) is 0 Å². The Hall–Kier alpha value is -0.890. The molecule has 0 aromatic carbocycles. The third-order valence-electron chi connectivity index (χ3n) is 2.60. The summed E-state index contributed by atoms with van der Waals surface area (Å²) in [5.74, 6) is 0. The molecule has 1 heterocycles. The molecule has 0 bridgehead atoms. The molecule has 0 saturated heterocycles. The maximum atomic E-state index is 12.0. The Morgan fingerprint density at radius 2 is 2.06 bits per heavy atom. The van der Waals surface area contributed by atoms with Crippen molar-refractivity contribution in [3.63, 3.8) is 0 Å². The van der Waals surface area contributed by atoms with E-state index >= 15 is 0 Å². The molecule has 6 nitrogen and oxygen atoms in total. The highest BCUT2D eigenvalue weighted by Gasteiger charge is 2.16. The first-order valence-corrected chi connectivity index (χ1v) is 7.29. The van der Waals surface area contributed by atoms with Crippen molar-refractivity contribution in [1.29, 1.82) is 0 Å². The molecule has 104 valence electrons. The van der Waals surface area contributed by atoms with Gasteiger partial charge in [0.2, 0.25) is 10.0 Å². The quantitative estimate of drug-likeness (QED) is 0.709. The fourth-order valence-electron chi connectivity index (χ4n) is 1.57. The van der Waals surface area contributed by atoms with E-state index in [-0.39, 0.29) is 0 Å². The molecule has 0 aliphatic rings. The number of nitrogens with one attached hydrogen (secondary N) is 2. The minimum atomic E-state index is -3.40. The Morgan fingerprint density at radius 1 is 1.39 bits per heavy atom. The molecule has 0 fully saturated rings. The maximum absolute atomic E-state index is 12.0. The second-order valence-electron chi connectivity index (χ2n) is 4.51. The Bertz CT molecular complexity index is 479. The molecule has 1 aromatic heterocycles. The van der Waals surface area contributed by atoms with E-state index < -0.39 is 10.0 Å². The maximum Gasteiger partial charge on any atom is 0.242 e. The van der Waals surface area contributed by atoms with Gasteiger partial charge in [0, 0.05) is 38.6 Å². The first kappa shape index (κ1) is 15.2. The summed E-state index contributed by atoms with van der Waals surface area (Å²) < 4.78 is 28.4. The summed E-state index contributed by atoms with van der Waals surface area (Å²) in [5, 5.41) is 3.00. The van der Waals surface area contributed by atoms with E-state index in [1.807, 2.05) is 37.7 Å². The van der Waals surface area contributed by atoms with Gasteiger partial charge in [0.1, 0.15) is 0 Å². The molecule has 0 amide bonds. The largest absolute Gasteiger partial charge is 0.352 e. The minimum absolute atomic E-state index is 0.314. The van der Waals surface area contributed by atoms with E-state index in [1.54, 1.807) is 12.3 Å². The van der Waals surface area contributed by atoms with Crippen molar-refractivity contribution in [2.75, 3.05) is 34.2 Å². The highest BCUT2D eigenvalue weighted by molar-refractivity contribution is 7.89. The molecular weight excluding hydrogens is 252 g/mol. The lowest BCUT2D eigenvalue weighted by atomic mass is 10.4. The number of rotatable bonds is 7. The van der Waals surface area contributed by atoms with Gasteiger partial charge in [-0.2, -0.15) is 0 Å². The lowest BCUT2D eigenvalue weighted by molar-refractivity contribution is 0.412. The molecule has 2 N–H and O–H groups in total. The molecule has 0 radical (unpaired) electrons. The van der Waals surface area contributed by atoms with Crippen molar-refractivity contribution in [1.82, 2.24) is 19.5 Å². The van der Waals surface area contributed by atoms with Crippen LogP contribution in [0.15, 0.2) is 17.2 Å². The number of sulfonamides is 1. The third kappa shape index (κ3) is 4.09. The van der Waals surface area contributed by atoms with E-state index in [9.17, 15) is 8.42 Å². The lowest BCUT2D eigenvalue weighted by Crippen LogP contribution is -2.31. The Balaban J connectivity index is 2.75. The molecule has 1 rings (SSSR count). The van der Waals surface area contributed by atoms with Crippen LogP contribution in [-0.2, 0) is 23.6 Å². The predicted molar refractivity (Wildman–Crippen MR) is 71.9 cm³/mol. The number of nitrogens with zero attached hydrogens (tertiary/aromatic N) is 2. The molecule has 0 aliphatic heterocycles. The van der Waals surface area contributed by atoms with Crippen LogP contribution >= 0.6 is 0 Å². The SMILES string of the molecule is CNCc1cc(S(=O)(=O)NCCN(C)C)cn1C. The number of aromatic nitrogens is 1. The van der Waals surface area contributed by atoms with Gasteiger partial charge in [0.05, 0.1) is 4.90 Å². The fourth-order valence-corrected chi connectivity index (χ4v) is 2.68. The molecule has 0 unspecified atom stereocenters. The van der Waals surface area contributed by atoms with Crippen LogP contribution < -0.4 is 10.0 Å². The summed E-state index contributed by atoms with van der Waals surface area (Å²) in [4.78, 5) is 2.24. The van der Waals surface area contributed by atoms with Crippen LogP contribution in [0.25, 0.3) is 0 Å². The highest BCUT2D eigenvalue weighted by atomic mass is 32.2. The van der Waals surface area contributed by atoms with E-state index in [1.165, 1.54) is 0 Å². The van der Waals surface area contributed by atoms with E-state index in [0.29, 0.717) is 24.5 Å². The van der Waals surface area contributed by atoms with Crippen molar-refractivity contribution in [2.24, 2.45) is 7.05 Å². The summed E-state index contributed by atoms with van der Waals surface area (Å²) >= 11 is 0. The van der Waals surface area contributed by atoms with Gasteiger partial charge in [0.15, 0.2) is 0 Å². The Labute approximate surface area is 109 Å². The van der Waals surface area contributed by atoms with Crippen molar-refractivity contribution < 1.29 is 8.42 Å². The zero-order valence-corrected chi connectivity index (χ0v) is 12.2. The normalized spacial score (nSPS) is 12.3. The summed E-state index contributed by atoms with van der Waals surface area (Å²) in [7, 11) is 4.08. The molecule has 1 aromatic rings. The van der Waals surface area contributed by atoms with E-state index in [0.717, 1.165) is 5.69 Å². The van der Waals surface area contributed by atoms with Crippen molar-refractivity contribution in [2.45, 2.75) is 11.4 Å². The first-order chi connectivity index (χ1) is 8.36. The van der Waals surface area contributed by atoms with Gasteiger partial charge in [-0.05, 0) is 27.2 Å². The topological polar surface area (TPSA) is 66.4 Å². The van der Waals surface area contributed by atoms with E-state index in [4.69, 9.17) is 0 Å². The van der Waals surface area contributed by atoms with Gasteiger partial charge in [-0.3, -0.25) is 0 Å². The zero-order valence-electron chi connectivity index (χ0n) is 11.4. The molecule has 18 heavy (non-hydrogen) atoms. The van der Waals surface area contributed by atoms with Gasteiger partial charge >= 0.3 is 0 Å². The van der Waals surface area contributed by atoms with Gasteiger partial charge in [-0.25, -0.2) is 13.1 Å². The van der Waals surface area contributed by atoms with E-state index in [2.05, 4.69) is 10.0 Å². The Kier molecular flexibility index (Phi) is 5.33. The number of hydrogen-bond donors (Lipinski definition) is 2. The summed E-state index contributed by atoms with van der Waals surface area (Å²) in [5.41, 5.74) is 0.936.